The summed E-state index contributed by atoms with van der Waals surface area (Å²) in [5.74, 6) is 0.575. The largest absolute Gasteiger partial charge is 0.383 e. The Hall–Kier alpha value is -0.810. The van der Waals surface area contributed by atoms with Gasteiger partial charge in [0.2, 0.25) is 0 Å². The minimum absolute atomic E-state index is 0.575. The van der Waals surface area contributed by atoms with Crippen LogP contribution in [0.4, 0.5) is 0 Å². The van der Waals surface area contributed by atoms with E-state index in [4.69, 9.17) is 15.2 Å². The molecule has 0 aromatic rings. The van der Waals surface area contributed by atoms with Gasteiger partial charge in [0.15, 0.2) is 5.96 Å². The maximum absolute atomic E-state index is 5.85. The first-order chi connectivity index (χ1) is 7.26. The first-order valence-electron chi connectivity index (χ1n) is 5.29. The van der Waals surface area contributed by atoms with Crippen LogP contribution in [0.15, 0.2) is 4.99 Å². The third-order valence-electron chi connectivity index (χ3n) is 1.95. The Morgan fingerprint density at radius 2 is 1.73 bits per heavy atom. The molecule has 0 aliphatic rings. The molecule has 0 aliphatic heterocycles. The number of guanidine groups is 1. The van der Waals surface area contributed by atoms with Gasteiger partial charge in [0.1, 0.15) is 0 Å². The van der Waals surface area contributed by atoms with Crippen LogP contribution in [0.1, 0.15) is 13.3 Å². The van der Waals surface area contributed by atoms with Crippen LogP contribution in [0.3, 0.4) is 0 Å². The molecule has 0 fully saturated rings. The minimum Gasteiger partial charge on any atom is -0.383 e. The number of hydrogen-bond acceptors (Lipinski definition) is 3. The second-order valence-corrected chi connectivity index (χ2v) is 3.21. The van der Waals surface area contributed by atoms with Crippen LogP contribution in [0.5, 0.6) is 0 Å². The fourth-order valence-electron chi connectivity index (χ4n) is 1.07. The van der Waals surface area contributed by atoms with Gasteiger partial charge in [-0.05, 0) is 6.42 Å². The van der Waals surface area contributed by atoms with Crippen molar-refractivity contribution in [2.75, 3.05) is 47.1 Å². The van der Waals surface area contributed by atoms with Gasteiger partial charge in [0.25, 0.3) is 0 Å². The molecule has 2 N–H and O–H groups in total. The fraction of sp³-hybridized carbons (Fsp3) is 0.900. The Kier molecular flexibility index (Phi) is 9.21. The highest BCUT2D eigenvalue weighted by Crippen LogP contribution is 1.90. The lowest BCUT2D eigenvalue weighted by molar-refractivity contribution is 0.145. The van der Waals surface area contributed by atoms with Gasteiger partial charge >= 0.3 is 0 Å². The van der Waals surface area contributed by atoms with Crippen molar-refractivity contribution in [1.29, 1.82) is 0 Å². The van der Waals surface area contributed by atoms with Gasteiger partial charge in [-0.1, -0.05) is 6.92 Å². The quantitative estimate of drug-likeness (QED) is 0.469. The first-order valence-corrected chi connectivity index (χ1v) is 5.29. The molecular weight excluding hydrogens is 194 g/mol. The van der Waals surface area contributed by atoms with E-state index in [1.54, 1.807) is 14.2 Å². The molecule has 90 valence electrons. The zero-order chi connectivity index (χ0) is 11.5. The van der Waals surface area contributed by atoms with Gasteiger partial charge in [-0.3, -0.25) is 4.99 Å². The summed E-state index contributed by atoms with van der Waals surface area (Å²) in [6, 6.07) is 0. The summed E-state index contributed by atoms with van der Waals surface area (Å²) in [4.78, 5) is 6.23. The molecule has 0 spiro atoms. The molecule has 0 atom stereocenters. The molecule has 0 saturated carbocycles. The first kappa shape index (κ1) is 14.2. The minimum atomic E-state index is 0.575. The van der Waals surface area contributed by atoms with E-state index in [1.165, 1.54) is 0 Å². The highest BCUT2D eigenvalue weighted by Gasteiger charge is 2.06. The monoisotopic (exact) mass is 217 g/mol. The lowest BCUT2D eigenvalue weighted by Crippen LogP contribution is -2.41. The van der Waals surface area contributed by atoms with E-state index in [0.29, 0.717) is 19.2 Å². The smallest absolute Gasteiger partial charge is 0.191 e. The number of aliphatic imine (C=N–C) groups is 1. The summed E-state index contributed by atoms with van der Waals surface area (Å²) in [5.41, 5.74) is 5.85. The molecule has 0 radical (unpaired) electrons. The molecule has 15 heavy (non-hydrogen) atoms. The van der Waals surface area contributed by atoms with Gasteiger partial charge < -0.3 is 20.1 Å². The molecule has 0 aliphatic carbocycles. The lowest BCUT2D eigenvalue weighted by Gasteiger charge is -2.22. The van der Waals surface area contributed by atoms with Crippen LogP contribution >= 0.6 is 0 Å². The average molecular weight is 217 g/mol. The van der Waals surface area contributed by atoms with Crippen LogP contribution in [0.2, 0.25) is 0 Å². The van der Waals surface area contributed by atoms with Crippen LogP contribution in [0.25, 0.3) is 0 Å². The maximum atomic E-state index is 5.85. The Balaban J connectivity index is 4.06. The molecule has 0 heterocycles. The van der Waals surface area contributed by atoms with Crippen LogP contribution in [-0.2, 0) is 9.47 Å². The van der Waals surface area contributed by atoms with Crippen molar-refractivity contribution in [3.63, 3.8) is 0 Å². The zero-order valence-corrected chi connectivity index (χ0v) is 10.0. The predicted molar refractivity (Wildman–Crippen MR) is 62.1 cm³/mol. The molecule has 0 amide bonds. The third-order valence-corrected chi connectivity index (χ3v) is 1.95. The Morgan fingerprint density at radius 3 is 2.13 bits per heavy atom. The van der Waals surface area contributed by atoms with Gasteiger partial charge in [0.05, 0.1) is 13.2 Å². The number of hydrogen-bond donors (Lipinski definition) is 1. The van der Waals surface area contributed by atoms with Gasteiger partial charge in [-0.2, -0.15) is 0 Å². The average Bonchev–Trinajstić information content (AvgIpc) is 2.26. The van der Waals surface area contributed by atoms with Crippen molar-refractivity contribution in [3.8, 4) is 0 Å². The van der Waals surface area contributed by atoms with E-state index in [9.17, 15) is 0 Å². The van der Waals surface area contributed by atoms with Crippen molar-refractivity contribution >= 4 is 5.96 Å². The van der Waals surface area contributed by atoms with E-state index in [2.05, 4.69) is 11.9 Å². The molecule has 0 bridgehead atoms. The molecule has 5 heteroatoms. The molecule has 0 saturated heterocycles. The highest BCUT2D eigenvalue weighted by atomic mass is 16.5. The number of rotatable bonds is 8. The fourth-order valence-corrected chi connectivity index (χ4v) is 1.07. The molecule has 5 nitrogen and oxygen atoms in total. The van der Waals surface area contributed by atoms with Crippen molar-refractivity contribution < 1.29 is 9.47 Å². The summed E-state index contributed by atoms with van der Waals surface area (Å²) in [7, 11) is 3.35. The zero-order valence-electron chi connectivity index (χ0n) is 10.0. The predicted octanol–water partition coefficient (Wildman–Crippen LogP) is 0.306. The number of methoxy groups -OCH3 is 2. The topological polar surface area (TPSA) is 60.1 Å². The molecule has 0 unspecified atom stereocenters. The van der Waals surface area contributed by atoms with E-state index in [0.717, 1.165) is 26.1 Å². The van der Waals surface area contributed by atoms with E-state index >= 15 is 0 Å². The van der Waals surface area contributed by atoms with Gasteiger partial charge in [-0.25, -0.2) is 0 Å². The van der Waals surface area contributed by atoms with Crippen LogP contribution in [0, 0.1) is 0 Å². The van der Waals surface area contributed by atoms with Gasteiger partial charge in [0, 0.05) is 33.9 Å². The molecule has 0 rings (SSSR count). The Morgan fingerprint density at radius 1 is 1.20 bits per heavy atom. The van der Waals surface area contributed by atoms with E-state index in [1.807, 2.05) is 4.90 Å². The van der Waals surface area contributed by atoms with Crippen molar-refractivity contribution in [1.82, 2.24) is 4.90 Å². The summed E-state index contributed by atoms with van der Waals surface area (Å²) in [6.45, 7) is 5.63. The molecular formula is C10H23N3O2. The third kappa shape index (κ3) is 7.16. The van der Waals surface area contributed by atoms with E-state index in [-0.39, 0.29) is 0 Å². The SMILES string of the molecule is CCCN=C(N)N(CCOC)CCOC. The Labute approximate surface area is 92.2 Å². The summed E-state index contributed by atoms with van der Waals surface area (Å²) < 4.78 is 10.0. The van der Waals surface area contributed by atoms with Crippen molar-refractivity contribution in [3.05, 3.63) is 0 Å². The summed E-state index contributed by atoms with van der Waals surface area (Å²) in [5, 5.41) is 0. The second kappa shape index (κ2) is 9.73. The number of ether oxygens (including phenoxy) is 2. The second-order valence-electron chi connectivity index (χ2n) is 3.21. The van der Waals surface area contributed by atoms with Crippen molar-refractivity contribution in [2.45, 2.75) is 13.3 Å². The summed E-state index contributed by atoms with van der Waals surface area (Å²) >= 11 is 0. The van der Waals surface area contributed by atoms with Crippen LogP contribution in [-0.4, -0.2) is 57.9 Å². The van der Waals surface area contributed by atoms with E-state index < -0.39 is 0 Å². The Bertz CT molecular complexity index is 166. The maximum Gasteiger partial charge on any atom is 0.191 e. The lowest BCUT2D eigenvalue weighted by atomic mass is 10.5. The number of nitrogens with zero attached hydrogens (tertiary/aromatic N) is 2. The van der Waals surface area contributed by atoms with Crippen molar-refractivity contribution in [2.24, 2.45) is 10.7 Å². The van der Waals surface area contributed by atoms with Crippen LogP contribution < -0.4 is 5.73 Å². The standard InChI is InChI=1S/C10H23N3O2/c1-4-5-12-10(11)13(6-8-14-2)7-9-15-3/h4-9H2,1-3H3,(H2,11,12). The highest BCUT2D eigenvalue weighted by molar-refractivity contribution is 5.78. The molecule has 0 aromatic carbocycles. The normalized spacial score (nSPS) is 11.8. The molecule has 0 aromatic heterocycles. The summed E-state index contributed by atoms with van der Waals surface area (Å²) in [6.07, 6.45) is 1.00. The van der Waals surface area contributed by atoms with Gasteiger partial charge in [-0.15, -0.1) is 0 Å². The number of nitrogens with two attached hydrogens (primary N) is 1.